The fraction of sp³-hybridized carbons (Fsp3) is 0.533. The first-order valence-electron chi connectivity index (χ1n) is 7.33. The van der Waals surface area contributed by atoms with Crippen molar-refractivity contribution in [2.24, 2.45) is 5.41 Å². The van der Waals surface area contributed by atoms with Gasteiger partial charge >= 0.3 is 0 Å². The molecule has 22 heavy (non-hydrogen) atoms. The molecule has 1 saturated heterocycles. The number of aromatic nitrogens is 2. The van der Waals surface area contributed by atoms with Gasteiger partial charge in [0.2, 0.25) is 5.91 Å². The summed E-state index contributed by atoms with van der Waals surface area (Å²) in [4.78, 5) is 23.1. The summed E-state index contributed by atoms with van der Waals surface area (Å²) in [6, 6.07) is 3.88. The van der Waals surface area contributed by atoms with Gasteiger partial charge in [0.25, 0.3) is 0 Å². The lowest BCUT2D eigenvalue weighted by atomic mass is 9.81. The van der Waals surface area contributed by atoms with E-state index in [1.54, 1.807) is 0 Å². The first-order valence-corrected chi connectivity index (χ1v) is 8.15. The Morgan fingerprint density at radius 3 is 2.91 bits per heavy atom. The summed E-state index contributed by atoms with van der Waals surface area (Å²) in [5.74, 6) is 0.761. The molecule has 1 aliphatic heterocycles. The first kappa shape index (κ1) is 15.2. The zero-order chi connectivity index (χ0) is 15.9. The average Bonchev–Trinajstić information content (AvgIpc) is 2.81. The molecule has 0 bridgehead atoms. The molecule has 0 radical (unpaired) electrons. The third-order valence-electron chi connectivity index (χ3n) is 4.02. The second kappa shape index (κ2) is 5.48. The van der Waals surface area contributed by atoms with E-state index in [-0.39, 0.29) is 17.4 Å². The third kappa shape index (κ3) is 2.91. The van der Waals surface area contributed by atoms with E-state index in [9.17, 15) is 9.90 Å². The minimum atomic E-state index is -0.276. The molecule has 0 saturated carbocycles. The number of rotatable bonds is 2. The van der Waals surface area contributed by atoms with E-state index in [2.05, 4.69) is 34.0 Å². The van der Waals surface area contributed by atoms with Crippen LogP contribution in [0.25, 0.3) is 10.3 Å². The van der Waals surface area contributed by atoms with Crippen molar-refractivity contribution in [1.82, 2.24) is 9.97 Å². The second-order valence-corrected chi connectivity index (χ2v) is 7.39. The Morgan fingerprint density at radius 2 is 2.23 bits per heavy atom. The van der Waals surface area contributed by atoms with E-state index < -0.39 is 0 Å². The number of hydrogen-bond donors (Lipinski definition) is 2. The Bertz CT molecular complexity index is 713. The molecule has 1 amide bonds. The van der Waals surface area contributed by atoms with Crippen LogP contribution in [0.2, 0.25) is 0 Å². The third-order valence-corrected chi connectivity index (χ3v) is 4.90. The van der Waals surface area contributed by atoms with Crippen molar-refractivity contribution < 1.29 is 9.90 Å². The molecular formula is C15H20N4O2S. The van der Waals surface area contributed by atoms with Gasteiger partial charge in [0, 0.05) is 25.4 Å². The number of amides is 1. The van der Waals surface area contributed by atoms with Gasteiger partial charge in [0.05, 0.1) is 6.10 Å². The maximum atomic E-state index is 11.1. The lowest BCUT2D eigenvalue weighted by Crippen LogP contribution is -2.48. The molecule has 2 aromatic rings. The smallest absolute Gasteiger partial charge is 0.223 e. The zero-order valence-corrected chi connectivity index (χ0v) is 13.8. The highest BCUT2D eigenvalue weighted by molar-refractivity contribution is 7.21. The molecule has 0 spiro atoms. The van der Waals surface area contributed by atoms with E-state index in [1.165, 1.54) is 18.3 Å². The Kier molecular flexibility index (Phi) is 3.78. The molecule has 1 fully saturated rings. The minimum Gasteiger partial charge on any atom is -0.392 e. The molecule has 1 atom stereocenters. The van der Waals surface area contributed by atoms with Crippen LogP contribution in [0.15, 0.2) is 12.1 Å². The van der Waals surface area contributed by atoms with E-state index in [1.807, 2.05) is 12.1 Å². The van der Waals surface area contributed by atoms with Crippen molar-refractivity contribution in [3.8, 4) is 0 Å². The Hall–Kier alpha value is -1.73. The number of anilines is 2. The second-order valence-electron chi connectivity index (χ2n) is 6.41. The largest absolute Gasteiger partial charge is 0.392 e. The number of pyridine rings is 1. The summed E-state index contributed by atoms with van der Waals surface area (Å²) in [5, 5.41) is 13.3. The van der Waals surface area contributed by atoms with Gasteiger partial charge in [-0.25, -0.2) is 9.97 Å². The molecule has 1 unspecified atom stereocenters. The molecule has 3 heterocycles. The number of aliphatic hydroxyl groups excluding tert-OH is 1. The number of carbonyl (C=O) groups is 1. The maximum absolute atomic E-state index is 11.1. The predicted octanol–water partition coefficient (Wildman–Crippen LogP) is 2.25. The monoisotopic (exact) mass is 320 g/mol. The van der Waals surface area contributed by atoms with Crippen molar-refractivity contribution in [1.29, 1.82) is 0 Å². The topological polar surface area (TPSA) is 78.4 Å². The van der Waals surface area contributed by atoms with Crippen LogP contribution in [0.5, 0.6) is 0 Å². The zero-order valence-electron chi connectivity index (χ0n) is 13.0. The number of piperidine rings is 1. The number of carbonyl (C=O) groups excluding carboxylic acids is 1. The maximum Gasteiger partial charge on any atom is 0.223 e. The van der Waals surface area contributed by atoms with Gasteiger partial charge in [-0.1, -0.05) is 25.2 Å². The van der Waals surface area contributed by atoms with Crippen molar-refractivity contribution >= 4 is 38.5 Å². The summed E-state index contributed by atoms with van der Waals surface area (Å²) in [6.45, 7) is 7.17. The Labute approximate surface area is 133 Å². The van der Waals surface area contributed by atoms with Crippen LogP contribution < -0.4 is 10.2 Å². The highest BCUT2D eigenvalue weighted by Crippen LogP contribution is 2.33. The van der Waals surface area contributed by atoms with Gasteiger partial charge in [0.1, 0.15) is 16.2 Å². The van der Waals surface area contributed by atoms with Gasteiger partial charge in [-0.3, -0.25) is 4.79 Å². The fourth-order valence-electron chi connectivity index (χ4n) is 2.73. The summed E-state index contributed by atoms with van der Waals surface area (Å²) < 4.78 is 0. The SMILES string of the molecule is CC(=O)Nc1nc2ccc(N3CCC(O)C(C)(C)C3)nc2s1. The molecule has 6 nitrogen and oxygen atoms in total. The quantitative estimate of drug-likeness (QED) is 0.887. The summed E-state index contributed by atoms with van der Waals surface area (Å²) in [5.41, 5.74) is 0.637. The van der Waals surface area contributed by atoms with E-state index in [0.29, 0.717) is 5.13 Å². The van der Waals surface area contributed by atoms with E-state index in [0.717, 1.165) is 35.7 Å². The standard InChI is InChI=1S/C15H20N4O2S/c1-9(20)16-14-17-10-4-5-12(18-13(10)22-14)19-7-6-11(21)15(2,3)8-19/h4-5,11,21H,6-8H2,1-3H3,(H,16,17,20). The fourth-order valence-corrected chi connectivity index (χ4v) is 3.61. The normalized spacial score (nSPS) is 21.1. The van der Waals surface area contributed by atoms with E-state index in [4.69, 9.17) is 0 Å². The highest BCUT2D eigenvalue weighted by atomic mass is 32.1. The van der Waals surface area contributed by atoms with E-state index >= 15 is 0 Å². The summed E-state index contributed by atoms with van der Waals surface area (Å²) in [7, 11) is 0. The Morgan fingerprint density at radius 1 is 1.45 bits per heavy atom. The molecule has 2 aromatic heterocycles. The number of fused-ring (bicyclic) bond motifs is 1. The molecule has 0 aliphatic carbocycles. The van der Waals surface area contributed by atoms with Crippen LogP contribution in [0.3, 0.4) is 0 Å². The van der Waals surface area contributed by atoms with Crippen molar-refractivity contribution in [2.45, 2.75) is 33.3 Å². The average molecular weight is 320 g/mol. The van der Waals surface area contributed by atoms with Gasteiger partial charge in [-0.2, -0.15) is 0 Å². The number of thiazole rings is 1. The summed E-state index contributed by atoms with van der Waals surface area (Å²) in [6.07, 6.45) is 0.467. The predicted molar refractivity (Wildman–Crippen MR) is 88.3 cm³/mol. The van der Waals surface area contributed by atoms with Crippen LogP contribution in [0.1, 0.15) is 27.2 Å². The van der Waals surface area contributed by atoms with Gasteiger partial charge in [-0.05, 0) is 18.6 Å². The number of nitrogens with zero attached hydrogens (tertiary/aromatic N) is 3. The number of hydrogen-bond acceptors (Lipinski definition) is 6. The lowest BCUT2D eigenvalue weighted by Gasteiger charge is -2.42. The number of nitrogens with one attached hydrogen (secondary N) is 1. The van der Waals surface area contributed by atoms with Crippen LogP contribution in [0, 0.1) is 5.41 Å². The van der Waals surface area contributed by atoms with Crippen LogP contribution in [0.4, 0.5) is 10.9 Å². The van der Waals surface area contributed by atoms with Crippen LogP contribution >= 0.6 is 11.3 Å². The van der Waals surface area contributed by atoms with Gasteiger partial charge in [-0.15, -0.1) is 0 Å². The molecule has 7 heteroatoms. The molecule has 3 rings (SSSR count). The molecule has 0 aromatic carbocycles. The summed E-state index contributed by atoms with van der Waals surface area (Å²) >= 11 is 1.37. The number of aliphatic hydroxyl groups is 1. The van der Waals surface area contributed by atoms with Crippen molar-refractivity contribution in [3.05, 3.63) is 12.1 Å². The van der Waals surface area contributed by atoms with Crippen molar-refractivity contribution in [3.63, 3.8) is 0 Å². The molecular weight excluding hydrogens is 300 g/mol. The molecule has 2 N–H and O–H groups in total. The highest BCUT2D eigenvalue weighted by Gasteiger charge is 2.35. The minimum absolute atomic E-state index is 0.133. The van der Waals surface area contributed by atoms with Gasteiger partial charge in [0.15, 0.2) is 5.13 Å². The van der Waals surface area contributed by atoms with Crippen molar-refractivity contribution in [2.75, 3.05) is 23.3 Å². The van der Waals surface area contributed by atoms with Crippen LogP contribution in [-0.2, 0) is 4.79 Å². The Balaban J connectivity index is 1.87. The van der Waals surface area contributed by atoms with Crippen LogP contribution in [-0.4, -0.2) is 40.2 Å². The lowest BCUT2D eigenvalue weighted by molar-refractivity contribution is -0.114. The van der Waals surface area contributed by atoms with Gasteiger partial charge < -0.3 is 15.3 Å². The first-order chi connectivity index (χ1) is 10.3. The molecule has 118 valence electrons. The molecule has 1 aliphatic rings.